The van der Waals surface area contributed by atoms with Gasteiger partial charge < -0.3 is 14.2 Å². The van der Waals surface area contributed by atoms with Crippen LogP contribution >= 0.6 is 0 Å². The maximum absolute atomic E-state index is 14.3. The van der Waals surface area contributed by atoms with Gasteiger partial charge in [-0.15, -0.1) is 0 Å². The largest absolute Gasteiger partial charge is 0.494 e. The van der Waals surface area contributed by atoms with E-state index in [1.807, 2.05) is 25.4 Å². The van der Waals surface area contributed by atoms with Crippen molar-refractivity contribution in [3.05, 3.63) is 66.6 Å². The molecule has 0 N–H and O–H groups in total. The van der Waals surface area contributed by atoms with E-state index in [2.05, 4.69) is 58.5 Å². The first-order chi connectivity index (χ1) is 16.4. The maximum atomic E-state index is 14.3. The first kappa shape index (κ1) is 22.4. The van der Waals surface area contributed by atoms with Crippen LogP contribution in [-0.4, -0.2) is 53.8 Å². The molecule has 2 aromatic carbocycles. The van der Waals surface area contributed by atoms with Gasteiger partial charge in [0.25, 0.3) is 0 Å². The smallest absolute Gasteiger partial charge is 0.165 e. The molecule has 1 saturated heterocycles. The molecular weight excluding hydrogens is 427 g/mol. The Morgan fingerprint density at radius 3 is 2.24 bits per heavy atom. The second-order valence-corrected chi connectivity index (χ2v) is 9.23. The normalized spacial score (nSPS) is 14.8. The fourth-order valence-electron chi connectivity index (χ4n) is 4.82. The van der Waals surface area contributed by atoms with Crippen LogP contribution in [0.15, 0.2) is 60.8 Å². The topological polar surface area (TPSA) is 33.5 Å². The number of pyridine rings is 1. The Labute approximate surface area is 200 Å². The number of hydrogen-bond acceptors (Lipinski definition) is 4. The molecule has 0 saturated carbocycles. The van der Waals surface area contributed by atoms with E-state index in [0.717, 1.165) is 59.6 Å². The summed E-state index contributed by atoms with van der Waals surface area (Å²) in [5.74, 6) is -0.127. The van der Waals surface area contributed by atoms with Gasteiger partial charge in [0.15, 0.2) is 11.6 Å². The number of rotatable bonds is 5. The zero-order valence-corrected chi connectivity index (χ0v) is 20.3. The van der Waals surface area contributed by atoms with Crippen LogP contribution in [0.3, 0.4) is 0 Å². The second-order valence-electron chi connectivity index (χ2n) is 9.23. The Morgan fingerprint density at radius 2 is 1.59 bits per heavy atom. The molecule has 1 fully saturated rings. The Bertz CT molecular complexity index is 1300. The van der Waals surface area contributed by atoms with Crippen LogP contribution in [0.2, 0.25) is 0 Å². The molecule has 4 aromatic rings. The number of piperazine rings is 1. The zero-order chi connectivity index (χ0) is 23.8. The van der Waals surface area contributed by atoms with Crippen LogP contribution in [0.1, 0.15) is 13.8 Å². The third-order valence-corrected chi connectivity index (χ3v) is 6.95. The minimum Gasteiger partial charge on any atom is -0.494 e. The first-order valence-electron chi connectivity index (χ1n) is 11.8. The minimum absolute atomic E-state index is 0.244. The van der Waals surface area contributed by atoms with Gasteiger partial charge >= 0.3 is 0 Å². The van der Waals surface area contributed by atoms with E-state index in [1.54, 1.807) is 6.07 Å². The van der Waals surface area contributed by atoms with Crippen molar-refractivity contribution in [2.75, 3.05) is 38.2 Å². The molecule has 34 heavy (non-hydrogen) atoms. The molecule has 1 aliphatic heterocycles. The van der Waals surface area contributed by atoms with Crippen LogP contribution in [0.5, 0.6) is 5.75 Å². The van der Waals surface area contributed by atoms with Crippen molar-refractivity contribution in [2.24, 2.45) is 7.05 Å². The van der Waals surface area contributed by atoms with Gasteiger partial charge in [0.2, 0.25) is 0 Å². The van der Waals surface area contributed by atoms with Gasteiger partial charge in [0.05, 0.1) is 23.8 Å². The van der Waals surface area contributed by atoms with Gasteiger partial charge in [0, 0.05) is 62.3 Å². The van der Waals surface area contributed by atoms with Gasteiger partial charge in [-0.2, -0.15) is 0 Å². The van der Waals surface area contributed by atoms with Crippen molar-refractivity contribution in [3.63, 3.8) is 0 Å². The van der Waals surface area contributed by atoms with E-state index < -0.39 is 0 Å². The molecule has 5 nitrogen and oxygen atoms in total. The lowest BCUT2D eigenvalue weighted by molar-refractivity contribution is 0.209. The molecule has 0 radical (unpaired) electrons. The van der Waals surface area contributed by atoms with E-state index in [9.17, 15) is 4.39 Å². The molecule has 0 atom stereocenters. The van der Waals surface area contributed by atoms with Crippen molar-refractivity contribution < 1.29 is 9.13 Å². The predicted molar refractivity (Wildman–Crippen MR) is 137 cm³/mol. The first-order valence-corrected chi connectivity index (χ1v) is 11.8. The summed E-state index contributed by atoms with van der Waals surface area (Å²) >= 11 is 0. The number of halogens is 1. The Kier molecular flexibility index (Phi) is 6.00. The lowest BCUT2D eigenvalue weighted by Gasteiger charge is -2.38. The Balaban J connectivity index is 1.39. The van der Waals surface area contributed by atoms with Crippen molar-refractivity contribution in [1.82, 2.24) is 14.5 Å². The lowest BCUT2D eigenvalue weighted by Crippen LogP contribution is -2.48. The highest BCUT2D eigenvalue weighted by atomic mass is 19.1. The molecular formula is C28H31FN4O. The second kappa shape index (κ2) is 9.11. The van der Waals surface area contributed by atoms with Crippen LogP contribution < -0.4 is 9.64 Å². The summed E-state index contributed by atoms with van der Waals surface area (Å²) in [7, 11) is 3.46. The third kappa shape index (κ3) is 4.14. The summed E-state index contributed by atoms with van der Waals surface area (Å²) in [5.41, 5.74) is 7.08. The van der Waals surface area contributed by atoms with Gasteiger partial charge in [0.1, 0.15) is 0 Å². The van der Waals surface area contributed by atoms with Crippen molar-refractivity contribution in [1.29, 1.82) is 0 Å². The predicted octanol–water partition coefficient (Wildman–Crippen LogP) is 5.59. The van der Waals surface area contributed by atoms with E-state index in [4.69, 9.17) is 9.72 Å². The molecule has 0 bridgehead atoms. The molecule has 0 spiro atoms. The SMILES string of the molecule is COc1ccc(-c2cc3ncc(-c4ccc(N5CCN(C(C)C)CC5)cc4)cc3n2C)cc1F. The number of aromatic nitrogens is 2. The number of hydrogen-bond donors (Lipinski definition) is 0. The molecule has 3 heterocycles. The number of methoxy groups -OCH3 is 1. The number of nitrogens with zero attached hydrogens (tertiary/aromatic N) is 4. The van der Waals surface area contributed by atoms with Gasteiger partial charge in [-0.05, 0) is 61.9 Å². The zero-order valence-electron chi connectivity index (χ0n) is 20.3. The summed E-state index contributed by atoms with van der Waals surface area (Å²) in [5, 5.41) is 0. The summed E-state index contributed by atoms with van der Waals surface area (Å²) < 4.78 is 21.4. The highest BCUT2D eigenvalue weighted by molar-refractivity contribution is 5.87. The van der Waals surface area contributed by atoms with Gasteiger partial charge in [-0.3, -0.25) is 9.88 Å². The standard InChI is InChI=1S/C28H31FN4O/c1-19(2)32-11-13-33(14-12-32)23-8-5-20(6-9-23)22-16-27-25(30-18-22)17-26(31(27)3)21-7-10-28(34-4)24(29)15-21/h5-10,15-19H,11-14H2,1-4H3. The molecule has 0 aliphatic carbocycles. The lowest BCUT2D eigenvalue weighted by atomic mass is 10.1. The van der Waals surface area contributed by atoms with E-state index in [0.29, 0.717) is 6.04 Å². The minimum atomic E-state index is -0.371. The fourth-order valence-corrected chi connectivity index (χ4v) is 4.82. The molecule has 0 unspecified atom stereocenters. The highest BCUT2D eigenvalue weighted by Gasteiger charge is 2.19. The Morgan fingerprint density at radius 1 is 0.882 bits per heavy atom. The maximum Gasteiger partial charge on any atom is 0.165 e. The quantitative estimate of drug-likeness (QED) is 0.391. The molecule has 6 heteroatoms. The van der Waals surface area contributed by atoms with Gasteiger partial charge in [-0.25, -0.2) is 4.39 Å². The average Bonchev–Trinajstić information content (AvgIpc) is 3.20. The van der Waals surface area contributed by atoms with E-state index in [-0.39, 0.29) is 11.6 Å². The number of fused-ring (bicyclic) bond motifs is 1. The summed E-state index contributed by atoms with van der Waals surface area (Å²) in [6.07, 6.45) is 1.91. The van der Waals surface area contributed by atoms with E-state index >= 15 is 0 Å². The van der Waals surface area contributed by atoms with Gasteiger partial charge in [-0.1, -0.05) is 12.1 Å². The third-order valence-electron chi connectivity index (χ3n) is 6.95. The highest BCUT2D eigenvalue weighted by Crippen LogP contribution is 2.32. The molecule has 1 aliphatic rings. The molecule has 5 rings (SSSR count). The van der Waals surface area contributed by atoms with Crippen LogP contribution in [-0.2, 0) is 7.05 Å². The fraction of sp³-hybridized carbons (Fsp3) is 0.321. The van der Waals surface area contributed by atoms with Crippen molar-refractivity contribution in [3.8, 4) is 28.1 Å². The molecule has 2 aromatic heterocycles. The van der Waals surface area contributed by atoms with Crippen LogP contribution in [0.25, 0.3) is 33.4 Å². The average molecular weight is 459 g/mol. The summed E-state index contributed by atoms with van der Waals surface area (Å²) in [6, 6.07) is 18.6. The van der Waals surface area contributed by atoms with Crippen LogP contribution in [0, 0.1) is 5.82 Å². The van der Waals surface area contributed by atoms with Crippen LogP contribution in [0.4, 0.5) is 10.1 Å². The number of anilines is 1. The Hall–Kier alpha value is -3.38. The molecule has 176 valence electrons. The number of ether oxygens (including phenoxy) is 1. The van der Waals surface area contributed by atoms with E-state index in [1.165, 1.54) is 18.9 Å². The van der Waals surface area contributed by atoms with Crippen molar-refractivity contribution >= 4 is 16.7 Å². The number of aryl methyl sites for hydroxylation is 1. The monoisotopic (exact) mass is 458 g/mol. The molecule has 0 amide bonds. The summed E-state index contributed by atoms with van der Waals surface area (Å²) in [4.78, 5) is 9.69. The number of benzene rings is 2. The summed E-state index contributed by atoms with van der Waals surface area (Å²) in [6.45, 7) is 8.86. The van der Waals surface area contributed by atoms with Crippen molar-refractivity contribution in [2.45, 2.75) is 19.9 Å².